The zero-order valence-corrected chi connectivity index (χ0v) is 12.2. The van der Waals surface area contributed by atoms with Crippen molar-refractivity contribution in [3.05, 3.63) is 23.8 Å². The van der Waals surface area contributed by atoms with E-state index in [9.17, 15) is 21.6 Å². The van der Waals surface area contributed by atoms with Crippen LogP contribution >= 0.6 is 0 Å². The van der Waals surface area contributed by atoms with Gasteiger partial charge in [0.05, 0.1) is 4.90 Å². The third-order valence-corrected chi connectivity index (χ3v) is 3.45. The van der Waals surface area contributed by atoms with Crippen LogP contribution < -0.4 is 0 Å². The molecule has 10 heteroatoms. The number of aldehydes is 1. The van der Waals surface area contributed by atoms with Gasteiger partial charge in [0.2, 0.25) is 0 Å². The maximum absolute atomic E-state index is 10.8. The Morgan fingerprint density at radius 3 is 1.88 bits per heavy atom. The molecule has 89 valence electrons. The van der Waals surface area contributed by atoms with Crippen molar-refractivity contribution in [2.75, 3.05) is 0 Å². The molecule has 0 heterocycles. The predicted octanol–water partition coefficient (Wildman–Crippen LogP) is -0.388. The summed E-state index contributed by atoms with van der Waals surface area (Å²) in [4.78, 5) is 8.84. The van der Waals surface area contributed by atoms with Crippen LogP contribution in [0.4, 0.5) is 0 Å². The topological polar surface area (TPSA) is 126 Å². The molecule has 1 aromatic carbocycles. The molecular formula is C7H6NaO7S2. The summed E-state index contributed by atoms with van der Waals surface area (Å²) in [6, 6.07) is 2.20. The van der Waals surface area contributed by atoms with Crippen molar-refractivity contribution < 1.29 is 30.7 Å². The molecule has 0 aliphatic rings. The molecule has 7 nitrogen and oxygen atoms in total. The number of carbonyl (C=O) groups excluding carboxylic acids is 1. The molecule has 0 aromatic heterocycles. The van der Waals surface area contributed by atoms with Gasteiger partial charge in [0.15, 0.2) is 6.29 Å². The van der Waals surface area contributed by atoms with Crippen molar-refractivity contribution in [1.82, 2.24) is 0 Å². The van der Waals surface area contributed by atoms with E-state index in [-0.39, 0.29) is 35.8 Å². The molecule has 0 saturated carbocycles. The summed E-state index contributed by atoms with van der Waals surface area (Å²) >= 11 is 0. The van der Waals surface area contributed by atoms with Crippen LogP contribution in [-0.2, 0) is 20.2 Å². The summed E-state index contributed by atoms with van der Waals surface area (Å²) in [5.74, 6) is 0. The second-order valence-corrected chi connectivity index (χ2v) is 5.58. The zero-order chi connectivity index (χ0) is 12.6. The van der Waals surface area contributed by atoms with Crippen LogP contribution in [0, 0.1) is 0 Å². The Kier molecular flexibility index (Phi) is 5.47. The number of carbonyl (C=O) groups is 1. The van der Waals surface area contributed by atoms with Crippen LogP contribution in [0.3, 0.4) is 0 Å². The fourth-order valence-electron chi connectivity index (χ4n) is 0.996. The molecule has 0 amide bonds. The molecule has 0 fully saturated rings. The Labute approximate surface area is 120 Å². The smallest absolute Gasteiger partial charge is 0.295 e. The van der Waals surface area contributed by atoms with E-state index >= 15 is 0 Å². The van der Waals surface area contributed by atoms with Gasteiger partial charge in [-0.2, -0.15) is 16.8 Å². The standard InChI is InChI=1S/C7H6O7S2.Na/c8-4-5-1-2-6(15(9,10)11)3-7(5)16(12,13)14;/h1-4H,(H,9,10,11)(H,12,13,14);. The third-order valence-electron chi connectivity index (χ3n) is 1.69. The van der Waals surface area contributed by atoms with Crippen LogP contribution in [-0.4, -0.2) is 61.8 Å². The molecule has 0 spiro atoms. The van der Waals surface area contributed by atoms with Crippen molar-refractivity contribution in [1.29, 1.82) is 0 Å². The van der Waals surface area contributed by atoms with Gasteiger partial charge in [-0.25, -0.2) is 0 Å². The largest absolute Gasteiger partial charge is 0.298 e. The maximum atomic E-state index is 10.8. The molecule has 2 N–H and O–H groups in total. The molecule has 1 radical (unpaired) electrons. The summed E-state index contributed by atoms with van der Waals surface area (Å²) in [7, 11) is -9.34. The molecule has 0 aliphatic carbocycles. The molecular weight excluding hydrogens is 283 g/mol. The van der Waals surface area contributed by atoms with Crippen molar-refractivity contribution in [2.45, 2.75) is 9.79 Å². The minimum absolute atomic E-state index is 0. The fraction of sp³-hybridized carbons (Fsp3) is 0. The minimum atomic E-state index is -4.74. The van der Waals surface area contributed by atoms with Crippen LogP contribution in [0.15, 0.2) is 28.0 Å². The van der Waals surface area contributed by atoms with Gasteiger partial charge in [0.25, 0.3) is 20.2 Å². The Morgan fingerprint density at radius 2 is 1.53 bits per heavy atom. The second-order valence-electron chi connectivity index (χ2n) is 2.77. The van der Waals surface area contributed by atoms with E-state index < -0.39 is 35.6 Å². The zero-order valence-electron chi connectivity index (χ0n) is 8.56. The van der Waals surface area contributed by atoms with E-state index in [1.165, 1.54) is 0 Å². The second kappa shape index (κ2) is 5.57. The Hall–Kier alpha value is -0.290. The number of benzene rings is 1. The van der Waals surface area contributed by atoms with Gasteiger partial charge in [-0.3, -0.25) is 13.9 Å². The number of hydrogen-bond acceptors (Lipinski definition) is 5. The first-order valence-electron chi connectivity index (χ1n) is 3.70. The molecule has 0 atom stereocenters. The average molecular weight is 289 g/mol. The Bertz CT molecular complexity index is 632. The van der Waals surface area contributed by atoms with Gasteiger partial charge in [-0.05, 0) is 18.2 Å². The first kappa shape index (κ1) is 16.7. The Morgan fingerprint density at radius 1 is 1.00 bits per heavy atom. The van der Waals surface area contributed by atoms with Gasteiger partial charge in [-0.15, -0.1) is 0 Å². The van der Waals surface area contributed by atoms with E-state index in [4.69, 9.17) is 9.11 Å². The van der Waals surface area contributed by atoms with Crippen molar-refractivity contribution >= 4 is 56.1 Å². The quantitative estimate of drug-likeness (QED) is 0.441. The fourth-order valence-corrected chi connectivity index (χ4v) is 2.27. The summed E-state index contributed by atoms with van der Waals surface area (Å²) in [6.07, 6.45) is 0.136. The minimum Gasteiger partial charge on any atom is -0.298 e. The van der Waals surface area contributed by atoms with E-state index in [0.717, 1.165) is 12.1 Å². The normalized spacial score (nSPS) is 11.6. The monoisotopic (exact) mass is 289 g/mol. The predicted molar refractivity (Wildman–Crippen MR) is 57.2 cm³/mol. The average Bonchev–Trinajstić information content (AvgIpc) is 2.14. The van der Waals surface area contributed by atoms with Gasteiger partial charge in [0, 0.05) is 35.1 Å². The van der Waals surface area contributed by atoms with Crippen LogP contribution in [0.5, 0.6) is 0 Å². The van der Waals surface area contributed by atoms with Crippen molar-refractivity contribution in [3.63, 3.8) is 0 Å². The van der Waals surface area contributed by atoms with Gasteiger partial charge < -0.3 is 0 Å². The molecule has 1 aromatic rings. The first-order chi connectivity index (χ1) is 7.16. The number of rotatable bonds is 3. The van der Waals surface area contributed by atoms with Gasteiger partial charge >= 0.3 is 0 Å². The SMILES string of the molecule is O=Cc1ccc(S(=O)(=O)O)cc1S(=O)(=O)O.[Na]. The van der Waals surface area contributed by atoms with Crippen molar-refractivity contribution in [2.24, 2.45) is 0 Å². The summed E-state index contributed by atoms with van der Waals surface area (Å²) in [6.45, 7) is 0. The first-order valence-corrected chi connectivity index (χ1v) is 6.58. The molecule has 0 saturated heterocycles. The van der Waals surface area contributed by atoms with Crippen LogP contribution in [0.2, 0.25) is 0 Å². The number of hydrogen-bond donors (Lipinski definition) is 2. The molecule has 0 aliphatic heterocycles. The maximum Gasteiger partial charge on any atom is 0.295 e. The van der Waals surface area contributed by atoms with E-state index in [0.29, 0.717) is 6.07 Å². The van der Waals surface area contributed by atoms with Crippen LogP contribution in [0.1, 0.15) is 10.4 Å². The van der Waals surface area contributed by atoms with E-state index in [2.05, 4.69) is 0 Å². The molecule has 0 unspecified atom stereocenters. The van der Waals surface area contributed by atoms with Gasteiger partial charge in [0.1, 0.15) is 4.90 Å². The van der Waals surface area contributed by atoms with Crippen LogP contribution in [0.25, 0.3) is 0 Å². The Balaban J connectivity index is 0.00000256. The van der Waals surface area contributed by atoms with E-state index in [1.807, 2.05) is 0 Å². The molecule has 0 bridgehead atoms. The summed E-state index contributed by atoms with van der Waals surface area (Å²) in [5, 5.41) is 0. The van der Waals surface area contributed by atoms with E-state index in [1.54, 1.807) is 0 Å². The summed E-state index contributed by atoms with van der Waals surface area (Å²) < 4.78 is 60.4. The third kappa shape index (κ3) is 4.14. The molecule has 1 rings (SSSR count). The van der Waals surface area contributed by atoms with Gasteiger partial charge in [-0.1, -0.05) is 0 Å². The summed E-state index contributed by atoms with van der Waals surface area (Å²) in [5.41, 5.74) is -0.407. The molecule has 17 heavy (non-hydrogen) atoms. The van der Waals surface area contributed by atoms with Crippen molar-refractivity contribution in [3.8, 4) is 0 Å².